The maximum atomic E-state index is 5.44. The Kier molecular flexibility index (Phi) is 4.35. The molecule has 7 heteroatoms. The van der Waals surface area contributed by atoms with E-state index in [1.165, 1.54) is 5.56 Å². The molecule has 2 aromatic heterocycles. The van der Waals surface area contributed by atoms with Crippen LogP contribution >= 0.6 is 0 Å². The molecule has 0 saturated heterocycles. The summed E-state index contributed by atoms with van der Waals surface area (Å²) < 4.78 is 7.62. The first kappa shape index (κ1) is 15.0. The second-order valence-electron chi connectivity index (χ2n) is 5.95. The van der Waals surface area contributed by atoms with Gasteiger partial charge in [0.25, 0.3) is 0 Å². The lowest BCUT2D eigenvalue weighted by atomic mass is 10.2. The summed E-state index contributed by atoms with van der Waals surface area (Å²) in [6, 6.07) is 12.5. The van der Waals surface area contributed by atoms with E-state index in [2.05, 4.69) is 54.1 Å². The summed E-state index contributed by atoms with van der Waals surface area (Å²) in [5.74, 6) is 1.90. The minimum Gasteiger partial charge on any atom is -0.372 e. The largest absolute Gasteiger partial charge is 0.372 e. The van der Waals surface area contributed by atoms with Crippen LogP contribution in [0.1, 0.15) is 22.9 Å². The van der Waals surface area contributed by atoms with E-state index in [1.807, 2.05) is 12.1 Å². The Labute approximate surface area is 140 Å². The minimum absolute atomic E-state index is 0.548. The van der Waals surface area contributed by atoms with Gasteiger partial charge in [0.15, 0.2) is 5.82 Å². The van der Waals surface area contributed by atoms with Crippen molar-refractivity contribution in [1.29, 1.82) is 0 Å². The predicted molar refractivity (Wildman–Crippen MR) is 87.7 cm³/mol. The van der Waals surface area contributed by atoms with E-state index in [1.54, 1.807) is 6.20 Å². The Balaban J connectivity index is 1.54. The fourth-order valence-electron chi connectivity index (χ4n) is 3.00. The maximum Gasteiger partial charge on any atom is 0.159 e. The van der Waals surface area contributed by atoms with Crippen molar-refractivity contribution in [3.63, 3.8) is 0 Å². The average molecular weight is 324 g/mol. The lowest BCUT2D eigenvalue weighted by Crippen LogP contribution is -2.26. The van der Waals surface area contributed by atoms with E-state index in [-0.39, 0.29) is 0 Å². The van der Waals surface area contributed by atoms with E-state index in [0.29, 0.717) is 6.61 Å². The molecule has 4 rings (SSSR count). The Morgan fingerprint density at radius 3 is 2.83 bits per heavy atom. The molecule has 24 heavy (non-hydrogen) atoms. The third kappa shape index (κ3) is 3.37. The van der Waals surface area contributed by atoms with Gasteiger partial charge in [-0.1, -0.05) is 30.3 Å². The number of aromatic amines is 1. The number of fused-ring (bicyclic) bond motifs is 1. The quantitative estimate of drug-likeness (QED) is 0.748. The number of hydrogen-bond acceptors (Lipinski definition) is 5. The molecule has 1 aromatic carbocycles. The number of nitrogens with one attached hydrogen (secondary N) is 1. The summed E-state index contributed by atoms with van der Waals surface area (Å²) in [7, 11) is 0. The van der Waals surface area contributed by atoms with Crippen LogP contribution in [-0.2, 0) is 37.5 Å². The molecule has 0 spiro atoms. The van der Waals surface area contributed by atoms with Gasteiger partial charge < -0.3 is 9.30 Å². The molecule has 0 fully saturated rings. The molecule has 3 aromatic rings. The van der Waals surface area contributed by atoms with Crippen LogP contribution in [0.5, 0.6) is 0 Å². The van der Waals surface area contributed by atoms with Crippen molar-refractivity contribution in [2.45, 2.75) is 32.8 Å². The predicted octanol–water partition coefficient (Wildman–Crippen LogP) is 1.73. The highest BCUT2D eigenvalue weighted by atomic mass is 16.5. The van der Waals surface area contributed by atoms with Crippen LogP contribution in [0, 0.1) is 0 Å². The third-order valence-corrected chi connectivity index (χ3v) is 4.16. The number of hydrogen-bond donors (Lipinski definition) is 1. The standard InChI is InChI=1S/C17H20N6O/c1-2-4-14(5-3-1)10-22(11-15-6-7-18-19-15)12-16-20-21-17-13-24-9-8-23(16)17/h1-7H,8-13H2,(H,18,19). The molecular formula is C17H20N6O. The van der Waals surface area contributed by atoms with Gasteiger partial charge in [0.05, 0.1) is 13.2 Å². The monoisotopic (exact) mass is 324 g/mol. The Bertz CT molecular complexity index is 768. The first-order valence-corrected chi connectivity index (χ1v) is 8.12. The Morgan fingerprint density at radius 2 is 2.00 bits per heavy atom. The van der Waals surface area contributed by atoms with E-state index in [9.17, 15) is 0 Å². The van der Waals surface area contributed by atoms with Crippen LogP contribution in [0.3, 0.4) is 0 Å². The SMILES string of the molecule is c1ccc(CN(Cc2ccn[nH]2)Cc2nnc3n2CCOC3)cc1. The molecule has 1 N–H and O–H groups in total. The van der Waals surface area contributed by atoms with Crippen molar-refractivity contribution in [3.8, 4) is 0 Å². The average Bonchev–Trinajstić information content (AvgIpc) is 3.26. The normalized spacial score (nSPS) is 14.0. The van der Waals surface area contributed by atoms with Crippen molar-refractivity contribution in [1.82, 2.24) is 29.9 Å². The number of nitrogens with zero attached hydrogens (tertiary/aromatic N) is 5. The maximum absolute atomic E-state index is 5.44. The van der Waals surface area contributed by atoms with E-state index < -0.39 is 0 Å². The lowest BCUT2D eigenvalue weighted by molar-refractivity contribution is 0.0793. The van der Waals surface area contributed by atoms with Gasteiger partial charge >= 0.3 is 0 Å². The topological polar surface area (TPSA) is 71.9 Å². The van der Waals surface area contributed by atoms with E-state index in [4.69, 9.17) is 4.74 Å². The molecule has 0 bridgehead atoms. The Morgan fingerprint density at radius 1 is 1.08 bits per heavy atom. The number of benzene rings is 1. The van der Waals surface area contributed by atoms with Gasteiger partial charge in [0, 0.05) is 31.5 Å². The second-order valence-corrected chi connectivity index (χ2v) is 5.95. The van der Waals surface area contributed by atoms with Crippen LogP contribution in [0.15, 0.2) is 42.6 Å². The van der Waals surface area contributed by atoms with Crippen molar-refractivity contribution >= 4 is 0 Å². The van der Waals surface area contributed by atoms with Gasteiger partial charge in [-0.15, -0.1) is 10.2 Å². The van der Waals surface area contributed by atoms with Crippen LogP contribution in [-0.4, -0.2) is 36.5 Å². The highest BCUT2D eigenvalue weighted by Gasteiger charge is 2.19. The third-order valence-electron chi connectivity index (χ3n) is 4.16. The molecule has 0 radical (unpaired) electrons. The van der Waals surface area contributed by atoms with Gasteiger partial charge in [0.2, 0.25) is 0 Å². The number of rotatable bonds is 6. The first-order chi connectivity index (χ1) is 11.9. The molecule has 0 atom stereocenters. The lowest BCUT2D eigenvalue weighted by Gasteiger charge is -2.23. The van der Waals surface area contributed by atoms with Gasteiger partial charge in [-0.3, -0.25) is 10.00 Å². The van der Waals surface area contributed by atoms with Crippen LogP contribution in [0.4, 0.5) is 0 Å². The molecule has 0 unspecified atom stereocenters. The summed E-state index contributed by atoms with van der Waals surface area (Å²) in [6.07, 6.45) is 1.78. The minimum atomic E-state index is 0.548. The molecule has 0 amide bonds. The molecule has 0 saturated carbocycles. The highest BCUT2D eigenvalue weighted by Crippen LogP contribution is 2.15. The molecular weight excluding hydrogens is 304 g/mol. The highest BCUT2D eigenvalue weighted by molar-refractivity contribution is 5.15. The number of ether oxygens (including phenoxy) is 1. The Hall–Kier alpha value is -2.51. The number of aromatic nitrogens is 5. The van der Waals surface area contributed by atoms with Crippen molar-refractivity contribution in [3.05, 3.63) is 65.5 Å². The second kappa shape index (κ2) is 6.94. The zero-order chi connectivity index (χ0) is 16.2. The molecule has 3 heterocycles. The molecule has 1 aliphatic rings. The summed E-state index contributed by atoms with van der Waals surface area (Å²) in [5, 5.41) is 15.7. The fraction of sp³-hybridized carbons (Fsp3) is 0.353. The summed E-state index contributed by atoms with van der Waals surface area (Å²) >= 11 is 0. The fourth-order valence-corrected chi connectivity index (χ4v) is 3.00. The summed E-state index contributed by atoms with van der Waals surface area (Å²) in [6.45, 7) is 4.46. The number of H-pyrrole nitrogens is 1. The molecule has 124 valence electrons. The van der Waals surface area contributed by atoms with Crippen LogP contribution < -0.4 is 0 Å². The van der Waals surface area contributed by atoms with Gasteiger partial charge in [-0.2, -0.15) is 5.10 Å². The van der Waals surface area contributed by atoms with Crippen LogP contribution in [0.2, 0.25) is 0 Å². The smallest absolute Gasteiger partial charge is 0.159 e. The summed E-state index contributed by atoms with van der Waals surface area (Å²) in [4.78, 5) is 2.34. The van der Waals surface area contributed by atoms with E-state index >= 15 is 0 Å². The van der Waals surface area contributed by atoms with Crippen molar-refractivity contribution < 1.29 is 4.74 Å². The van der Waals surface area contributed by atoms with E-state index in [0.717, 1.165) is 50.1 Å². The van der Waals surface area contributed by atoms with Crippen molar-refractivity contribution in [2.24, 2.45) is 0 Å². The molecule has 1 aliphatic heterocycles. The summed E-state index contributed by atoms with van der Waals surface area (Å²) in [5.41, 5.74) is 2.37. The zero-order valence-corrected chi connectivity index (χ0v) is 13.4. The molecule has 7 nitrogen and oxygen atoms in total. The molecule has 0 aliphatic carbocycles. The van der Waals surface area contributed by atoms with Gasteiger partial charge in [-0.25, -0.2) is 0 Å². The van der Waals surface area contributed by atoms with Gasteiger partial charge in [0.1, 0.15) is 12.4 Å². The van der Waals surface area contributed by atoms with Crippen LogP contribution in [0.25, 0.3) is 0 Å². The van der Waals surface area contributed by atoms with Gasteiger partial charge in [-0.05, 0) is 11.6 Å². The first-order valence-electron chi connectivity index (χ1n) is 8.12. The zero-order valence-electron chi connectivity index (χ0n) is 13.4. The van der Waals surface area contributed by atoms with Crippen molar-refractivity contribution in [2.75, 3.05) is 6.61 Å².